The Bertz CT molecular complexity index is 3640. The second-order valence-corrected chi connectivity index (χ2v) is 16.0. The smallest absolute Gasteiger partial charge is 0.0546 e. The molecule has 0 heterocycles. The summed E-state index contributed by atoms with van der Waals surface area (Å²) >= 11 is 0. The first-order valence-electron chi connectivity index (χ1n) is 21.1. The SMILES string of the molecule is c1ccc(-c2c(-c3ccccc3)c3cc(-c4cccc(N(c5cccc6c5ccc5ccccc56)c5cc6ccccc6c6ccccc56)c4)ccc3c3ccccc23)cc1. The van der Waals surface area contributed by atoms with Crippen LogP contribution in [0.25, 0.3) is 98.0 Å². The van der Waals surface area contributed by atoms with Crippen molar-refractivity contribution in [1.29, 1.82) is 0 Å². The van der Waals surface area contributed by atoms with Crippen molar-refractivity contribution in [3.05, 3.63) is 237 Å². The molecule has 0 aliphatic heterocycles. The van der Waals surface area contributed by atoms with E-state index in [9.17, 15) is 0 Å². The maximum Gasteiger partial charge on any atom is 0.0546 e. The van der Waals surface area contributed by atoms with Crippen LogP contribution in [-0.4, -0.2) is 0 Å². The highest BCUT2D eigenvalue weighted by atomic mass is 15.1. The van der Waals surface area contributed by atoms with E-state index in [1.807, 2.05) is 0 Å². The molecule has 0 aromatic heterocycles. The van der Waals surface area contributed by atoms with Crippen molar-refractivity contribution < 1.29 is 0 Å². The maximum atomic E-state index is 2.49. The Morgan fingerprint density at radius 3 is 1.39 bits per heavy atom. The van der Waals surface area contributed by atoms with Crippen molar-refractivity contribution in [3.63, 3.8) is 0 Å². The van der Waals surface area contributed by atoms with Crippen molar-refractivity contribution in [3.8, 4) is 33.4 Å². The molecule has 0 radical (unpaired) electrons. The third kappa shape index (κ3) is 5.78. The molecule has 0 amide bonds. The molecule has 284 valence electrons. The number of anilines is 3. The van der Waals surface area contributed by atoms with Crippen LogP contribution in [0.15, 0.2) is 237 Å². The number of hydrogen-bond donors (Lipinski definition) is 0. The summed E-state index contributed by atoms with van der Waals surface area (Å²) in [6, 6.07) is 86.9. The van der Waals surface area contributed by atoms with Crippen LogP contribution in [0.2, 0.25) is 0 Å². The molecular formula is C60H39N. The maximum absolute atomic E-state index is 2.49. The Labute approximate surface area is 355 Å². The summed E-state index contributed by atoms with van der Waals surface area (Å²) in [5, 5.41) is 14.9. The summed E-state index contributed by atoms with van der Waals surface area (Å²) in [6.07, 6.45) is 0. The van der Waals surface area contributed by atoms with E-state index in [1.54, 1.807) is 0 Å². The predicted molar refractivity (Wildman–Crippen MR) is 262 cm³/mol. The number of benzene rings is 12. The topological polar surface area (TPSA) is 3.24 Å². The summed E-state index contributed by atoms with van der Waals surface area (Å²) in [5.41, 5.74) is 10.7. The van der Waals surface area contributed by atoms with Gasteiger partial charge in [0.05, 0.1) is 11.4 Å². The van der Waals surface area contributed by atoms with E-state index in [1.165, 1.54) is 92.5 Å². The number of hydrogen-bond acceptors (Lipinski definition) is 1. The van der Waals surface area contributed by atoms with Gasteiger partial charge in [-0.05, 0) is 118 Å². The lowest BCUT2D eigenvalue weighted by molar-refractivity contribution is 1.32. The second-order valence-electron chi connectivity index (χ2n) is 16.0. The lowest BCUT2D eigenvalue weighted by Gasteiger charge is -2.29. The molecule has 12 aromatic carbocycles. The van der Waals surface area contributed by atoms with Crippen molar-refractivity contribution in [2.75, 3.05) is 4.90 Å². The summed E-state index contributed by atoms with van der Waals surface area (Å²) < 4.78 is 0. The van der Waals surface area contributed by atoms with E-state index in [4.69, 9.17) is 0 Å². The first-order valence-corrected chi connectivity index (χ1v) is 21.1. The Morgan fingerprint density at radius 1 is 0.213 bits per heavy atom. The van der Waals surface area contributed by atoms with Crippen molar-refractivity contribution in [1.82, 2.24) is 0 Å². The molecule has 0 aliphatic carbocycles. The van der Waals surface area contributed by atoms with Gasteiger partial charge < -0.3 is 4.90 Å². The minimum Gasteiger partial charge on any atom is -0.309 e. The molecule has 12 aromatic rings. The van der Waals surface area contributed by atoms with Crippen LogP contribution in [0.4, 0.5) is 17.1 Å². The van der Waals surface area contributed by atoms with E-state index in [0.717, 1.165) is 22.6 Å². The van der Waals surface area contributed by atoms with Crippen LogP contribution in [0.3, 0.4) is 0 Å². The first-order chi connectivity index (χ1) is 30.3. The molecule has 0 bridgehead atoms. The van der Waals surface area contributed by atoms with Gasteiger partial charge in [-0.2, -0.15) is 0 Å². The molecule has 0 fully saturated rings. The molecule has 0 atom stereocenters. The zero-order valence-corrected chi connectivity index (χ0v) is 33.5. The Balaban J connectivity index is 1.13. The number of nitrogens with zero attached hydrogens (tertiary/aromatic N) is 1. The molecule has 1 heteroatoms. The summed E-state index contributed by atoms with van der Waals surface area (Å²) in [4.78, 5) is 2.49. The van der Waals surface area contributed by atoms with Gasteiger partial charge in [-0.15, -0.1) is 0 Å². The first kappa shape index (κ1) is 35.0. The van der Waals surface area contributed by atoms with Gasteiger partial charge >= 0.3 is 0 Å². The molecule has 0 N–H and O–H groups in total. The monoisotopic (exact) mass is 773 g/mol. The highest BCUT2D eigenvalue weighted by Gasteiger charge is 2.22. The summed E-state index contributed by atoms with van der Waals surface area (Å²) in [7, 11) is 0. The third-order valence-corrected chi connectivity index (χ3v) is 12.6. The van der Waals surface area contributed by atoms with Crippen LogP contribution in [0.5, 0.6) is 0 Å². The minimum atomic E-state index is 1.10. The summed E-state index contributed by atoms with van der Waals surface area (Å²) in [5.74, 6) is 0. The largest absolute Gasteiger partial charge is 0.309 e. The van der Waals surface area contributed by atoms with Crippen LogP contribution in [-0.2, 0) is 0 Å². The fourth-order valence-electron chi connectivity index (χ4n) is 9.85. The van der Waals surface area contributed by atoms with Crippen molar-refractivity contribution in [2.45, 2.75) is 0 Å². The Hall–Kier alpha value is -8.00. The lowest BCUT2D eigenvalue weighted by Crippen LogP contribution is -2.11. The molecule has 1 nitrogen and oxygen atoms in total. The molecule has 0 saturated heterocycles. The molecule has 0 unspecified atom stereocenters. The van der Waals surface area contributed by atoms with E-state index in [2.05, 4.69) is 241 Å². The quantitative estimate of drug-likeness (QED) is 0.152. The van der Waals surface area contributed by atoms with Gasteiger partial charge in [-0.25, -0.2) is 0 Å². The van der Waals surface area contributed by atoms with Gasteiger partial charge in [0.25, 0.3) is 0 Å². The van der Waals surface area contributed by atoms with Gasteiger partial charge in [0, 0.05) is 16.5 Å². The van der Waals surface area contributed by atoms with Gasteiger partial charge in [0.15, 0.2) is 0 Å². The normalized spacial score (nSPS) is 11.6. The molecule has 0 aliphatic rings. The molecular weight excluding hydrogens is 735 g/mol. The average molecular weight is 774 g/mol. The van der Waals surface area contributed by atoms with E-state index >= 15 is 0 Å². The van der Waals surface area contributed by atoms with E-state index < -0.39 is 0 Å². The van der Waals surface area contributed by atoms with Crippen molar-refractivity contribution in [2.24, 2.45) is 0 Å². The number of fused-ring (bicyclic) bond motifs is 9. The number of rotatable bonds is 6. The minimum absolute atomic E-state index is 1.10. The van der Waals surface area contributed by atoms with Crippen LogP contribution in [0, 0.1) is 0 Å². The molecule has 0 saturated carbocycles. The highest BCUT2D eigenvalue weighted by Crippen LogP contribution is 2.48. The fraction of sp³-hybridized carbons (Fsp3) is 0. The Kier molecular flexibility index (Phi) is 8.25. The highest BCUT2D eigenvalue weighted by molar-refractivity contribution is 6.22. The lowest BCUT2D eigenvalue weighted by atomic mass is 9.84. The van der Waals surface area contributed by atoms with Gasteiger partial charge in [0.2, 0.25) is 0 Å². The molecule has 0 spiro atoms. The van der Waals surface area contributed by atoms with E-state index in [0.29, 0.717) is 0 Å². The van der Waals surface area contributed by atoms with Gasteiger partial charge in [0.1, 0.15) is 0 Å². The van der Waals surface area contributed by atoms with Gasteiger partial charge in [-0.3, -0.25) is 0 Å². The fourth-order valence-corrected chi connectivity index (χ4v) is 9.85. The zero-order valence-electron chi connectivity index (χ0n) is 33.5. The third-order valence-electron chi connectivity index (χ3n) is 12.6. The van der Waals surface area contributed by atoms with E-state index in [-0.39, 0.29) is 0 Å². The Morgan fingerprint density at radius 2 is 0.672 bits per heavy atom. The predicted octanol–water partition coefficient (Wildman–Crippen LogP) is 17.1. The second kappa shape index (κ2) is 14.4. The van der Waals surface area contributed by atoms with Gasteiger partial charge in [-0.1, -0.05) is 206 Å². The molecule has 61 heavy (non-hydrogen) atoms. The average Bonchev–Trinajstić information content (AvgIpc) is 3.34. The standard InChI is InChI=1S/C60H39N/c1-3-18-41(19-4-1)59-55-30-14-12-28-51(55)52-35-34-44(38-56(52)60(59)42-20-5-2-6-21-42)43-23-15-24-46(37-43)61(57-32-16-31-50-47-25-9-7-17-40(47)33-36-54(50)57)58-39-45-22-8-10-26-48(45)49-27-11-13-29-53(49)58/h1-39H. The van der Waals surface area contributed by atoms with Crippen molar-refractivity contribution >= 4 is 81.7 Å². The molecule has 12 rings (SSSR count). The van der Waals surface area contributed by atoms with Crippen LogP contribution >= 0.6 is 0 Å². The zero-order chi connectivity index (χ0) is 40.3. The summed E-state index contributed by atoms with van der Waals surface area (Å²) in [6.45, 7) is 0. The van der Waals surface area contributed by atoms with Crippen LogP contribution < -0.4 is 4.90 Å². The van der Waals surface area contributed by atoms with Crippen LogP contribution in [0.1, 0.15) is 0 Å².